The molecule has 2 aromatic rings. The van der Waals surface area contributed by atoms with E-state index in [1.165, 1.54) is 11.3 Å². The van der Waals surface area contributed by atoms with Gasteiger partial charge in [-0.25, -0.2) is 0 Å². The first-order valence-corrected chi connectivity index (χ1v) is 12.6. The molecule has 1 N–H and O–H groups in total. The van der Waals surface area contributed by atoms with Crippen LogP contribution in [0, 0.1) is 18.3 Å². The summed E-state index contributed by atoms with van der Waals surface area (Å²) in [5.41, 5.74) is 4.13. The van der Waals surface area contributed by atoms with E-state index in [1.54, 1.807) is 6.07 Å². The third-order valence-electron chi connectivity index (χ3n) is 6.72. The van der Waals surface area contributed by atoms with Crippen molar-refractivity contribution >= 4 is 40.2 Å². The van der Waals surface area contributed by atoms with Crippen molar-refractivity contribution < 1.29 is 0 Å². The molecule has 0 atom stereocenters. The summed E-state index contributed by atoms with van der Waals surface area (Å²) in [6, 6.07) is 16.9. The fourth-order valence-corrected chi connectivity index (χ4v) is 5.10. The second-order valence-electron chi connectivity index (χ2n) is 9.02. The van der Waals surface area contributed by atoms with Crippen molar-refractivity contribution in [1.29, 1.82) is 5.26 Å². The molecule has 0 bridgehead atoms. The number of piperazine rings is 1. The summed E-state index contributed by atoms with van der Waals surface area (Å²) in [5.74, 6) is 0. The van der Waals surface area contributed by atoms with Crippen LogP contribution in [0.25, 0.3) is 0 Å². The lowest BCUT2D eigenvalue weighted by Crippen LogP contribution is -2.48. The largest absolute Gasteiger partial charge is 0.382 e. The summed E-state index contributed by atoms with van der Waals surface area (Å²) >= 11 is 11.9. The molecule has 0 radical (unpaired) electrons. The van der Waals surface area contributed by atoms with Crippen molar-refractivity contribution in [3.8, 4) is 6.07 Å². The second kappa shape index (κ2) is 12.4. The summed E-state index contributed by atoms with van der Waals surface area (Å²) in [7, 11) is 0. The van der Waals surface area contributed by atoms with Gasteiger partial charge in [-0.05, 0) is 50.1 Å². The number of thiocarbonyl (C=S) groups is 1. The fourth-order valence-electron chi connectivity index (χ4n) is 4.60. The molecule has 7 heteroatoms. The number of hydrogen-bond donors (Lipinski definition) is 1. The van der Waals surface area contributed by atoms with E-state index in [4.69, 9.17) is 29.1 Å². The molecule has 2 aliphatic rings. The average Bonchev–Trinajstić information content (AvgIpc) is 2.84. The monoisotopic (exact) mass is 497 g/mol. The molecule has 5 nitrogen and oxygen atoms in total. The molecule has 182 valence electrons. The van der Waals surface area contributed by atoms with Gasteiger partial charge in [0.25, 0.3) is 0 Å². The molecular weight excluding hydrogens is 462 g/mol. The maximum absolute atomic E-state index is 9.03. The van der Waals surface area contributed by atoms with Gasteiger partial charge in [-0.2, -0.15) is 5.26 Å². The Morgan fingerprint density at radius 3 is 2.35 bits per heavy atom. The van der Waals surface area contributed by atoms with Crippen molar-refractivity contribution in [3.63, 3.8) is 0 Å². The van der Waals surface area contributed by atoms with Crippen molar-refractivity contribution in [3.05, 3.63) is 58.6 Å². The molecular formula is C27H36ClN5S. The van der Waals surface area contributed by atoms with E-state index in [2.05, 4.69) is 57.3 Å². The fraction of sp³-hybridized carbons (Fsp3) is 0.481. The van der Waals surface area contributed by atoms with E-state index in [0.29, 0.717) is 16.6 Å². The minimum absolute atomic E-state index is 0. The first-order chi connectivity index (χ1) is 16.0. The Balaban J connectivity index is 0.00000324. The molecule has 2 fully saturated rings. The smallest absolute Gasteiger partial charge is 0.101 e. The highest BCUT2D eigenvalue weighted by atomic mass is 35.5. The van der Waals surface area contributed by atoms with E-state index < -0.39 is 0 Å². The summed E-state index contributed by atoms with van der Waals surface area (Å²) < 4.78 is 0. The van der Waals surface area contributed by atoms with Crippen LogP contribution < -0.4 is 10.2 Å². The summed E-state index contributed by atoms with van der Waals surface area (Å²) in [6.45, 7) is 9.49. The summed E-state index contributed by atoms with van der Waals surface area (Å²) in [6.07, 6.45) is 3.06. The molecule has 2 saturated heterocycles. The van der Waals surface area contributed by atoms with Crippen molar-refractivity contribution in [2.75, 3.05) is 56.0 Å². The van der Waals surface area contributed by atoms with Gasteiger partial charge >= 0.3 is 0 Å². The van der Waals surface area contributed by atoms with E-state index in [1.807, 2.05) is 12.1 Å². The zero-order chi connectivity index (χ0) is 23.2. The molecule has 0 aromatic heterocycles. The standard InChI is InChI=1S/C26H32ClN5S.CH4/c1-20-2-6-24(7-3-20)31-16-14-30(15-17-31)11-10-26(33)32-12-8-22(9-13-32)29-23-5-4-21(19-28)25(27)18-23;/h2-7,18,22,29H,8-17H2,1H3;1H4. The maximum Gasteiger partial charge on any atom is 0.101 e. The van der Waals surface area contributed by atoms with Crippen molar-refractivity contribution in [1.82, 2.24) is 9.80 Å². The first kappa shape index (κ1) is 26.3. The van der Waals surface area contributed by atoms with Gasteiger partial charge in [-0.15, -0.1) is 0 Å². The third kappa shape index (κ3) is 6.85. The predicted octanol–water partition coefficient (Wildman–Crippen LogP) is 5.57. The van der Waals surface area contributed by atoms with Gasteiger partial charge in [-0.3, -0.25) is 4.90 Å². The highest BCUT2D eigenvalue weighted by Gasteiger charge is 2.22. The molecule has 0 saturated carbocycles. The van der Waals surface area contributed by atoms with Gasteiger partial charge in [0, 0.05) is 69.7 Å². The molecule has 34 heavy (non-hydrogen) atoms. The topological polar surface area (TPSA) is 45.5 Å². The zero-order valence-corrected chi connectivity index (χ0v) is 20.8. The number of rotatable bonds is 6. The number of piperidine rings is 1. The minimum Gasteiger partial charge on any atom is -0.382 e. The highest BCUT2D eigenvalue weighted by molar-refractivity contribution is 7.80. The average molecular weight is 498 g/mol. The summed E-state index contributed by atoms with van der Waals surface area (Å²) in [5, 5.41) is 13.1. The van der Waals surface area contributed by atoms with E-state index in [9.17, 15) is 0 Å². The van der Waals surface area contributed by atoms with Crippen LogP contribution in [-0.2, 0) is 0 Å². The van der Waals surface area contributed by atoms with Crippen LogP contribution in [-0.4, -0.2) is 66.6 Å². The van der Waals surface area contributed by atoms with Crippen LogP contribution in [0.5, 0.6) is 0 Å². The Morgan fingerprint density at radius 2 is 1.74 bits per heavy atom. The normalized spacial score (nSPS) is 17.1. The van der Waals surface area contributed by atoms with Crippen molar-refractivity contribution in [2.24, 2.45) is 0 Å². The molecule has 4 rings (SSSR count). The molecule has 2 aliphatic heterocycles. The number of halogens is 1. The lowest BCUT2D eigenvalue weighted by Gasteiger charge is -2.37. The molecule has 2 aromatic carbocycles. The zero-order valence-electron chi connectivity index (χ0n) is 19.3. The minimum atomic E-state index is 0. The van der Waals surface area contributed by atoms with Gasteiger partial charge in [0.1, 0.15) is 6.07 Å². The Kier molecular flexibility index (Phi) is 9.58. The predicted molar refractivity (Wildman–Crippen MR) is 148 cm³/mol. The SMILES string of the molecule is C.Cc1ccc(N2CCN(CCC(=S)N3CCC(Nc4ccc(C#N)c(Cl)c4)CC3)CC2)cc1. The van der Waals surface area contributed by atoms with Crippen LogP contribution in [0.2, 0.25) is 5.02 Å². The van der Waals surface area contributed by atoms with E-state index in [-0.39, 0.29) is 7.43 Å². The van der Waals surface area contributed by atoms with E-state index >= 15 is 0 Å². The number of nitrogens with zero attached hydrogens (tertiary/aromatic N) is 4. The molecule has 0 spiro atoms. The number of aryl methyl sites for hydroxylation is 1. The number of nitriles is 1. The quantitative estimate of drug-likeness (QED) is 0.526. The Morgan fingerprint density at radius 1 is 1.06 bits per heavy atom. The van der Waals surface area contributed by atoms with Gasteiger partial charge in [0.2, 0.25) is 0 Å². The van der Waals surface area contributed by atoms with Gasteiger partial charge < -0.3 is 15.1 Å². The van der Waals surface area contributed by atoms with E-state index in [0.717, 1.165) is 75.8 Å². The number of anilines is 2. The third-order valence-corrected chi connectivity index (χ3v) is 7.50. The van der Waals surface area contributed by atoms with Gasteiger partial charge in [0.15, 0.2) is 0 Å². The van der Waals surface area contributed by atoms with Crippen LogP contribution in [0.4, 0.5) is 11.4 Å². The van der Waals surface area contributed by atoms with Crippen molar-refractivity contribution in [2.45, 2.75) is 39.7 Å². The molecule has 0 unspecified atom stereocenters. The van der Waals surface area contributed by atoms with Crippen LogP contribution in [0.3, 0.4) is 0 Å². The maximum atomic E-state index is 9.03. The summed E-state index contributed by atoms with van der Waals surface area (Å²) in [4.78, 5) is 8.49. The number of nitrogens with one attached hydrogen (secondary N) is 1. The Bertz CT molecular complexity index is 987. The number of likely N-dealkylation sites (tertiary alicyclic amines) is 1. The van der Waals surface area contributed by atoms with Crippen LogP contribution in [0.1, 0.15) is 37.8 Å². The van der Waals surface area contributed by atoms with Crippen LogP contribution >= 0.6 is 23.8 Å². The van der Waals surface area contributed by atoms with Crippen LogP contribution in [0.15, 0.2) is 42.5 Å². The Labute approximate surface area is 215 Å². The molecule has 2 heterocycles. The Hall–Kier alpha value is -2.33. The molecule has 0 amide bonds. The number of hydrogen-bond acceptors (Lipinski definition) is 5. The number of benzene rings is 2. The lowest BCUT2D eigenvalue weighted by molar-refractivity contribution is 0.258. The van der Waals surface area contributed by atoms with Gasteiger partial charge in [0.05, 0.1) is 15.6 Å². The lowest BCUT2D eigenvalue weighted by atomic mass is 10.0. The van der Waals surface area contributed by atoms with Gasteiger partial charge in [-0.1, -0.05) is 48.9 Å². The second-order valence-corrected chi connectivity index (χ2v) is 9.90. The highest BCUT2D eigenvalue weighted by Crippen LogP contribution is 2.23. The molecule has 0 aliphatic carbocycles. The first-order valence-electron chi connectivity index (χ1n) is 11.8.